The first kappa shape index (κ1) is 15.9. The van der Waals surface area contributed by atoms with Gasteiger partial charge in [0.25, 0.3) is 0 Å². The molecule has 25 heavy (non-hydrogen) atoms. The molecule has 0 bridgehead atoms. The summed E-state index contributed by atoms with van der Waals surface area (Å²) in [5.41, 5.74) is 4.18. The van der Waals surface area contributed by atoms with Gasteiger partial charge in [-0.05, 0) is 36.4 Å². The second-order valence-electron chi connectivity index (χ2n) is 5.45. The summed E-state index contributed by atoms with van der Waals surface area (Å²) < 4.78 is 5.71. The summed E-state index contributed by atoms with van der Waals surface area (Å²) in [4.78, 5) is 9.09. The molecule has 0 N–H and O–H groups in total. The highest BCUT2D eigenvalue weighted by molar-refractivity contribution is 6.31. The molecule has 0 amide bonds. The Morgan fingerprint density at radius 1 is 0.800 bits per heavy atom. The summed E-state index contributed by atoms with van der Waals surface area (Å²) in [5.74, 6) is 0.507. The number of pyridine rings is 1. The largest absolute Gasteiger partial charge is 0.444 e. The molecule has 0 aliphatic heterocycles. The van der Waals surface area contributed by atoms with Crippen molar-refractivity contribution in [1.82, 2.24) is 9.97 Å². The Morgan fingerprint density at radius 2 is 1.64 bits per heavy atom. The summed E-state index contributed by atoms with van der Waals surface area (Å²) in [6.45, 7) is 0. The van der Waals surface area contributed by atoms with Crippen LogP contribution in [-0.2, 0) is 0 Å². The fraction of sp³-hybridized carbons (Fsp3) is 0. The lowest BCUT2D eigenvalue weighted by Crippen LogP contribution is -1.89. The summed E-state index contributed by atoms with van der Waals surface area (Å²) in [5, 5.41) is 1.34. The number of aromatic nitrogens is 2. The van der Waals surface area contributed by atoms with E-state index in [0.29, 0.717) is 15.9 Å². The third kappa shape index (κ3) is 3.29. The van der Waals surface area contributed by atoms with E-state index in [-0.39, 0.29) is 0 Å². The van der Waals surface area contributed by atoms with Gasteiger partial charge in [0.15, 0.2) is 0 Å². The minimum atomic E-state index is 0.507. The van der Waals surface area contributed by atoms with Crippen LogP contribution in [0.5, 0.6) is 0 Å². The Balaban J connectivity index is 1.77. The lowest BCUT2D eigenvalue weighted by Gasteiger charge is -2.05. The fourth-order valence-electron chi connectivity index (χ4n) is 2.59. The Hall–Kier alpha value is -2.62. The highest BCUT2D eigenvalue weighted by atomic mass is 35.5. The lowest BCUT2D eigenvalue weighted by molar-refractivity contribution is 0.575. The highest BCUT2D eigenvalue weighted by Crippen LogP contribution is 2.32. The number of hydrogen-bond acceptors (Lipinski definition) is 3. The summed E-state index contributed by atoms with van der Waals surface area (Å²) >= 11 is 12.0. The van der Waals surface area contributed by atoms with E-state index in [0.717, 1.165) is 28.1 Å². The summed E-state index contributed by atoms with van der Waals surface area (Å²) in [7, 11) is 0. The van der Waals surface area contributed by atoms with Gasteiger partial charge < -0.3 is 4.42 Å². The Labute approximate surface area is 154 Å². The van der Waals surface area contributed by atoms with Gasteiger partial charge >= 0.3 is 0 Å². The molecule has 0 fully saturated rings. The topological polar surface area (TPSA) is 38.9 Å². The summed E-state index contributed by atoms with van der Waals surface area (Å²) in [6, 6.07) is 18.8. The first-order valence-electron chi connectivity index (χ1n) is 7.63. The second kappa shape index (κ2) is 6.71. The van der Waals surface area contributed by atoms with Crippen LogP contribution in [0.1, 0.15) is 0 Å². The molecule has 0 radical (unpaired) electrons. The quantitative estimate of drug-likeness (QED) is 0.422. The average molecular weight is 367 g/mol. The van der Waals surface area contributed by atoms with E-state index in [2.05, 4.69) is 9.97 Å². The summed E-state index contributed by atoms with van der Waals surface area (Å²) in [6.07, 6.45) is 3.37. The maximum absolute atomic E-state index is 6.06. The van der Waals surface area contributed by atoms with Crippen LogP contribution in [0.25, 0.3) is 34.0 Å². The first-order valence-corrected chi connectivity index (χ1v) is 8.39. The van der Waals surface area contributed by atoms with Crippen LogP contribution in [0, 0.1) is 0 Å². The van der Waals surface area contributed by atoms with Crippen LogP contribution in [0.15, 0.2) is 77.5 Å². The third-order valence-electron chi connectivity index (χ3n) is 3.78. The number of nitrogens with zero attached hydrogens (tertiary/aromatic N) is 2. The van der Waals surface area contributed by atoms with Crippen LogP contribution in [-0.4, -0.2) is 9.97 Å². The Morgan fingerprint density at radius 3 is 2.44 bits per heavy atom. The minimum Gasteiger partial charge on any atom is -0.444 e. The van der Waals surface area contributed by atoms with E-state index in [9.17, 15) is 0 Å². The van der Waals surface area contributed by atoms with E-state index in [1.165, 1.54) is 0 Å². The van der Waals surface area contributed by atoms with Gasteiger partial charge in [-0.1, -0.05) is 47.5 Å². The van der Waals surface area contributed by atoms with Crippen LogP contribution < -0.4 is 0 Å². The third-order valence-corrected chi connectivity index (χ3v) is 4.27. The monoisotopic (exact) mass is 366 g/mol. The van der Waals surface area contributed by atoms with Crippen molar-refractivity contribution in [2.45, 2.75) is 0 Å². The molecule has 0 aliphatic rings. The molecule has 5 heteroatoms. The predicted octanol–water partition coefficient (Wildman–Crippen LogP) is 6.38. The molecule has 0 saturated heterocycles. The van der Waals surface area contributed by atoms with Crippen LogP contribution in [0.3, 0.4) is 0 Å². The van der Waals surface area contributed by atoms with Crippen molar-refractivity contribution < 1.29 is 4.42 Å². The molecule has 0 spiro atoms. The zero-order valence-electron chi connectivity index (χ0n) is 13.0. The second-order valence-corrected chi connectivity index (χ2v) is 6.33. The van der Waals surface area contributed by atoms with Crippen molar-refractivity contribution >= 4 is 23.2 Å². The zero-order chi connectivity index (χ0) is 17.2. The standard InChI is InChI=1S/C20H12Cl2N2O/c21-15-8-6-13(7-9-15)19-17(5-2-10-23-19)20-24-18(12-25-20)14-3-1-4-16(22)11-14/h1-12H. The Bertz CT molecular complexity index is 1030. The number of hydrogen-bond donors (Lipinski definition) is 0. The number of benzene rings is 2. The number of rotatable bonds is 3. The molecule has 0 atom stereocenters. The van der Waals surface area contributed by atoms with Crippen molar-refractivity contribution in [3.05, 3.63) is 83.2 Å². The Kier molecular flexibility index (Phi) is 4.26. The van der Waals surface area contributed by atoms with Crippen molar-refractivity contribution in [3.8, 4) is 34.0 Å². The molecule has 0 aliphatic carbocycles. The van der Waals surface area contributed by atoms with E-state index < -0.39 is 0 Å². The molecule has 3 nitrogen and oxygen atoms in total. The van der Waals surface area contributed by atoms with E-state index >= 15 is 0 Å². The van der Waals surface area contributed by atoms with Crippen molar-refractivity contribution in [1.29, 1.82) is 0 Å². The average Bonchev–Trinajstić information content (AvgIpc) is 3.12. The predicted molar refractivity (Wildman–Crippen MR) is 101 cm³/mol. The normalized spacial score (nSPS) is 10.8. The zero-order valence-corrected chi connectivity index (χ0v) is 14.5. The molecule has 0 unspecified atom stereocenters. The molecule has 0 saturated carbocycles. The van der Waals surface area contributed by atoms with Gasteiger partial charge in [-0.25, -0.2) is 4.98 Å². The van der Waals surface area contributed by atoms with Crippen molar-refractivity contribution in [2.75, 3.05) is 0 Å². The molecular weight excluding hydrogens is 355 g/mol. The number of oxazole rings is 1. The van der Waals surface area contributed by atoms with Gasteiger partial charge in [-0.3, -0.25) is 4.98 Å². The molecule has 2 heterocycles. The van der Waals surface area contributed by atoms with Gasteiger partial charge in [0.05, 0.1) is 11.3 Å². The molecule has 2 aromatic carbocycles. The SMILES string of the molecule is Clc1ccc(-c2ncccc2-c2nc(-c3cccc(Cl)c3)co2)cc1. The van der Waals surface area contributed by atoms with E-state index in [1.54, 1.807) is 12.5 Å². The maximum atomic E-state index is 6.06. The molecule has 122 valence electrons. The molecule has 4 aromatic rings. The fourth-order valence-corrected chi connectivity index (χ4v) is 2.91. The highest BCUT2D eigenvalue weighted by Gasteiger charge is 2.14. The first-order chi connectivity index (χ1) is 12.2. The molecular formula is C20H12Cl2N2O. The molecule has 2 aromatic heterocycles. The van der Waals surface area contributed by atoms with Crippen LogP contribution in [0.4, 0.5) is 0 Å². The van der Waals surface area contributed by atoms with Gasteiger partial charge in [-0.2, -0.15) is 0 Å². The van der Waals surface area contributed by atoms with E-state index in [4.69, 9.17) is 27.6 Å². The van der Waals surface area contributed by atoms with Crippen molar-refractivity contribution in [3.63, 3.8) is 0 Å². The van der Waals surface area contributed by atoms with Crippen LogP contribution in [0.2, 0.25) is 10.0 Å². The maximum Gasteiger partial charge on any atom is 0.228 e. The van der Waals surface area contributed by atoms with Gasteiger partial charge in [0.1, 0.15) is 12.0 Å². The van der Waals surface area contributed by atoms with Gasteiger partial charge in [-0.15, -0.1) is 0 Å². The van der Waals surface area contributed by atoms with Gasteiger partial charge in [0, 0.05) is 27.4 Å². The van der Waals surface area contributed by atoms with Gasteiger partial charge in [0.2, 0.25) is 5.89 Å². The van der Waals surface area contributed by atoms with Crippen molar-refractivity contribution in [2.24, 2.45) is 0 Å². The van der Waals surface area contributed by atoms with E-state index in [1.807, 2.05) is 60.7 Å². The minimum absolute atomic E-state index is 0.507. The van der Waals surface area contributed by atoms with Crippen LogP contribution >= 0.6 is 23.2 Å². The smallest absolute Gasteiger partial charge is 0.228 e. The molecule has 4 rings (SSSR count). The lowest BCUT2D eigenvalue weighted by atomic mass is 10.1. The number of halogens is 2.